The summed E-state index contributed by atoms with van der Waals surface area (Å²) in [5.74, 6) is 0.00439. The highest BCUT2D eigenvalue weighted by atomic mass is 35.5. The number of anilines is 2. The van der Waals surface area contributed by atoms with E-state index in [1.54, 1.807) is 18.2 Å². The van der Waals surface area contributed by atoms with E-state index in [2.05, 4.69) is 10.3 Å². The number of pyridine rings is 1. The van der Waals surface area contributed by atoms with Gasteiger partial charge in [-0.1, -0.05) is 29.3 Å². The third kappa shape index (κ3) is 3.55. The van der Waals surface area contributed by atoms with Crippen molar-refractivity contribution >= 4 is 34.7 Å². The molecule has 0 radical (unpaired) electrons. The summed E-state index contributed by atoms with van der Waals surface area (Å²) in [6, 6.07) is 6.71. The molecule has 0 aliphatic carbocycles. The van der Waals surface area contributed by atoms with Gasteiger partial charge in [0.25, 0.3) is 0 Å². The van der Waals surface area contributed by atoms with Gasteiger partial charge in [0.15, 0.2) is 0 Å². The second-order valence-electron chi connectivity index (χ2n) is 4.15. The molecule has 1 N–H and O–H groups in total. The Morgan fingerprint density at radius 2 is 1.80 bits per heavy atom. The molecule has 2 nitrogen and oxygen atoms in total. The van der Waals surface area contributed by atoms with Gasteiger partial charge in [-0.05, 0) is 36.8 Å². The standard InChI is InChI=1S/C13H9Cl2F3N2/c1-7-2-3-9(6-10(7)14)19-12-5-8(13(16,17)18)4-11(15)20-12/h2-6H,1H3,(H,19,20). The van der Waals surface area contributed by atoms with E-state index in [4.69, 9.17) is 23.2 Å². The molecule has 0 amide bonds. The zero-order valence-corrected chi connectivity index (χ0v) is 11.7. The number of hydrogen-bond acceptors (Lipinski definition) is 2. The largest absolute Gasteiger partial charge is 0.416 e. The van der Waals surface area contributed by atoms with E-state index in [-0.39, 0.29) is 11.0 Å². The fourth-order valence-corrected chi connectivity index (χ4v) is 1.93. The second-order valence-corrected chi connectivity index (χ2v) is 4.94. The van der Waals surface area contributed by atoms with Crippen LogP contribution in [0.1, 0.15) is 11.1 Å². The molecule has 20 heavy (non-hydrogen) atoms. The Morgan fingerprint density at radius 1 is 1.10 bits per heavy atom. The first-order chi connectivity index (χ1) is 9.25. The zero-order chi connectivity index (χ0) is 14.9. The van der Waals surface area contributed by atoms with Crippen LogP contribution in [0.2, 0.25) is 10.2 Å². The fraction of sp³-hybridized carbons (Fsp3) is 0.154. The topological polar surface area (TPSA) is 24.9 Å². The van der Waals surface area contributed by atoms with E-state index < -0.39 is 11.7 Å². The average molecular weight is 321 g/mol. The molecule has 0 spiro atoms. The molecule has 7 heteroatoms. The summed E-state index contributed by atoms with van der Waals surface area (Å²) in [6.07, 6.45) is -4.48. The lowest BCUT2D eigenvalue weighted by atomic mass is 10.2. The fourth-order valence-electron chi connectivity index (χ4n) is 1.54. The van der Waals surface area contributed by atoms with Gasteiger partial charge in [-0.25, -0.2) is 4.98 Å². The Kier molecular flexibility index (Phi) is 4.11. The van der Waals surface area contributed by atoms with E-state index in [0.717, 1.165) is 17.7 Å². The molecule has 1 heterocycles. The first kappa shape index (κ1) is 14.9. The van der Waals surface area contributed by atoms with Crippen LogP contribution in [-0.2, 0) is 6.18 Å². The molecule has 1 aromatic carbocycles. The maximum absolute atomic E-state index is 12.7. The van der Waals surface area contributed by atoms with E-state index in [1.807, 2.05) is 6.92 Å². The summed E-state index contributed by atoms with van der Waals surface area (Å²) >= 11 is 11.6. The minimum absolute atomic E-state index is 0.00439. The Bertz CT molecular complexity index is 642. The van der Waals surface area contributed by atoms with Crippen LogP contribution in [0.25, 0.3) is 0 Å². The number of benzene rings is 1. The van der Waals surface area contributed by atoms with Gasteiger partial charge < -0.3 is 5.32 Å². The molecule has 0 fully saturated rings. The van der Waals surface area contributed by atoms with Crippen LogP contribution < -0.4 is 5.32 Å². The number of rotatable bonds is 2. The minimum atomic E-state index is -4.48. The molecule has 2 aromatic rings. The maximum Gasteiger partial charge on any atom is 0.416 e. The smallest absolute Gasteiger partial charge is 0.340 e. The van der Waals surface area contributed by atoms with Gasteiger partial charge in [0.05, 0.1) is 5.56 Å². The molecule has 0 aliphatic rings. The van der Waals surface area contributed by atoms with Crippen molar-refractivity contribution in [2.45, 2.75) is 13.1 Å². The summed E-state index contributed by atoms with van der Waals surface area (Å²) in [5.41, 5.74) is 0.536. The Hall–Kier alpha value is -1.46. The summed E-state index contributed by atoms with van der Waals surface area (Å²) in [6.45, 7) is 1.82. The summed E-state index contributed by atoms with van der Waals surface area (Å²) in [7, 11) is 0. The predicted molar refractivity (Wildman–Crippen MR) is 73.7 cm³/mol. The van der Waals surface area contributed by atoms with Crippen molar-refractivity contribution in [2.24, 2.45) is 0 Å². The lowest BCUT2D eigenvalue weighted by molar-refractivity contribution is -0.137. The minimum Gasteiger partial charge on any atom is -0.340 e. The highest BCUT2D eigenvalue weighted by molar-refractivity contribution is 6.31. The molecule has 0 atom stereocenters. The Labute approximate surface area is 123 Å². The van der Waals surface area contributed by atoms with Gasteiger partial charge in [-0.3, -0.25) is 0 Å². The molecule has 1 aromatic heterocycles. The number of aromatic nitrogens is 1. The highest BCUT2D eigenvalue weighted by Gasteiger charge is 2.31. The van der Waals surface area contributed by atoms with Crippen molar-refractivity contribution in [3.05, 3.63) is 51.6 Å². The second kappa shape index (κ2) is 5.50. The van der Waals surface area contributed by atoms with Gasteiger partial charge >= 0.3 is 6.18 Å². The van der Waals surface area contributed by atoms with Gasteiger partial charge in [0.1, 0.15) is 11.0 Å². The molecule has 0 unspecified atom stereocenters. The number of nitrogens with zero attached hydrogens (tertiary/aromatic N) is 1. The van der Waals surface area contributed by atoms with E-state index in [1.165, 1.54) is 0 Å². The molecular weight excluding hydrogens is 312 g/mol. The van der Waals surface area contributed by atoms with Crippen LogP contribution in [0.15, 0.2) is 30.3 Å². The summed E-state index contributed by atoms with van der Waals surface area (Å²) < 4.78 is 38.0. The van der Waals surface area contributed by atoms with Crippen molar-refractivity contribution in [2.75, 3.05) is 5.32 Å². The van der Waals surface area contributed by atoms with Gasteiger partial charge in [0, 0.05) is 10.7 Å². The number of halogens is 5. The number of nitrogens with one attached hydrogen (secondary N) is 1. The lowest BCUT2D eigenvalue weighted by Crippen LogP contribution is -2.06. The van der Waals surface area contributed by atoms with E-state index in [9.17, 15) is 13.2 Å². The van der Waals surface area contributed by atoms with Crippen LogP contribution in [0, 0.1) is 6.92 Å². The third-order valence-electron chi connectivity index (χ3n) is 2.57. The van der Waals surface area contributed by atoms with Crippen molar-refractivity contribution in [1.29, 1.82) is 0 Å². The molecule has 2 rings (SSSR count). The number of aryl methyl sites for hydroxylation is 1. The van der Waals surface area contributed by atoms with Crippen LogP contribution in [0.5, 0.6) is 0 Å². The van der Waals surface area contributed by atoms with Gasteiger partial charge in [-0.15, -0.1) is 0 Å². The molecule has 0 aliphatic heterocycles. The Balaban J connectivity index is 2.33. The normalized spacial score (nSPS) is 11.5. The van der Waals surface area contributed by atoms with Crippen molar-refractivity contribution < 1.29 is 13.2 Å². The van der Waals surface area contributed by atoms with Crippen molar-refractivity contribution in [3.8, 4) is 0 Å². The van der Waals surface area contributed by atoms with Crippen LogP contribution in [0.3, 0.4) is 0 Å². The van der Waals surface area contributed by atoms with Crippen molar-refractivity contribution in [3.63, 3.8) is 0 Å². The predicted octanol–water partition coefficient (Wildman–Crippen LogP) is 5.46. The molecular formula is C13H9Cl2F3N2. The first-order valence-electron chi connectivity index (χ1n) is 5.53. The maximum atomic E-state index is 12.7. The van der Waals surface area contributed by atoms with Crippen molar-refractivity contribution in [1.82, 2.24) is 4.98 Å². The SMILES string of the molecule is Cc1ccc(Nc2cc(C(F)(F)F)cc(Cl)n2)cc1Cl. The van der Waals surface area contributed by atoms with Crippen LogP contribution >= 0.6 is 23.2 Å². The first-order valence-corrected chi connectivity index (χ1v) is 6.29. The molecule has 0 bridgehead atoms. The van der Waals surface area contributed by atoms with Crippen LogP contribution in [-0.4, -0.2) is 4.98 Å². The quantitative estimate of drug-likeness (QED) is 0.743. The highest BCUT2D eigenvalue weighted by Crippen LogP contribution is 2.33. The monoisotopic (exact) mass is 320 g/mol. The molecule has 0 saturated carbocycles. The van der Waals surface area contributed by atoms with Crippen LogP contribution in [0.4, 0.5) is 24.7 Å². The zero-order valence-electron chi connectivity index (χ0n) is 10.2. The lowest BCUT2D eigenvalue weighted by Gasteiger charge is -2.11. The average Bonchev–Trinajstić information content (AvgIpc) is 2.32. The summed E-state index contributed by atoms with van der Waals surface area (Å²) in [4.78, 5) is 3.81. The Morgan fingerprint density at radius 3 is 2.40 bits per heavy atom. The van der Waals surface area contributed by atoms with Gasteiger partial charge in [-0.2, -0.15) is 13.2 Å². The number of hydrogen-bond donors (Lipinski definition) is 1. The summed E-state index contributed by atoms with van der Waals surface area (Å²) in [5, 5.41) is 3.02. The number of alkyl halides is 3. The van der Waals surface area contributed by atoms with E-state index in [0.29, 0.717) is 10.7 Å². The molecule has 0 saturated heterocycles. The van der Waals surface area contributed by atoms with Gasteiger partial charge in [0.2, 0.25) is 0 Å². The van der Waals surface area contributed by atoms with E-state index >= 15 is 0 Å². The third-order valence-corrected chi connectivity index (χ3v) is 3.17. The molecule has 106 valence electrons.